The highest BCUT2D eigenvalue weighted by Crippen LogP contribution is 2.26. The van der Waals surface area contributed by atoms with E-state index in [0.29, 0.717) is 0 Å². The molecule has 0 bridgehead atoms. The molecule has 0 unspecified atom stereocenters. The molecule has 2 rings (SSSR count). The van der Waals surface area contributed by atoms with E-state index in [0.717, 1.165) is 18.3 Å². The summed E-state index contributed by atoms with van der Waals surface area (Å²) in [6.07, 6.45) is 7.97. The number of nitrogens with zero attached hydrogens (tertiary/aromatic N) is 2. The maximum absolute atomic E-state index is 10.9. The summed E-state index contributed by atoms with van der Waals surface area (Å²) in [5.74, 6) is 0.608. The van der Waals surface area contributed by atoms with Crippen LogP contribution in [0.4, 0.5) is 5.82 Å². The lowest BCUT2D eigenvalue weighted by atomic mass is 9.87. The van der Waals surface area contributed by atoms with Gasteiger partial charge in [-0.1, -0.05) is 38.2 Å². The van der Waals surface area contributed by atoms with Crippen LogP contribution in [-0.2, 0) is 0 Å². The van der Waals surface area contributed by atoms with Crippen LogP contribution in [0.25, 0.3) is 0 Å². The second-order valence-electron chi connectivity index (χ2n) is 5.40. The van der Waals surface area contributed by atoms with E-state index in [1.54, 1.807) is 6.07 Å². The van der Waals surface area contributed by atoms with Crippen molar-refractivity contribution in [3.8, 4) is 0 Å². The number of hydrogen-bond acceptors (Lipinski definition) is 3. The lowest BCUT2D eigenvalue weighted by molar-refractivity contribution is 0.0690. The molecule has 104 valence electrons. The Kier molecular flexibility index (Phi) is 4.77. The molecule has 1 aromatic rings. The molecule has 1 fully saturated rings. The average Bonchev–Trinajstić information content (AvgIpc) is 2.46. The van der Waals surface area contributed by atoms with Crippen molar-refractivity contribution < 1.29 is 9.90 Å². The number of carbonyl (C=O) groups is 1. The van der Waals surface area contributed by atoms with Gasteiger partial charge in [-0.25, -0.2) is 9.78 Å². The van der Waals surface area contributed by atoms with Crippen LogP contribution in [0.1, 0.15) is 49.0 Å². The number of carboxylic acids is 1. The molecular formula is C15H22N2O2. The highest BCUT2D eigenvalue weighted by Gasteiger charge is 2.15. The van der Waals surface area contributed by atoms with Gasteiger partial charge in [-0.2, -0.15) is 0 Å². The number of hydrogen-bond donors (Lipinski definition) is 1. The fourth-order valence-electron chi connectivity index (χ4n) is 2.72. The molecular weight excluding hydrogens is 240 g/mol. The minimum Gasteiger partial charge on any atom is -0.477 e. The molecule has 0 aromatic carbocycles. The molecule has 4 nitrogen and oxygen atoms in total. The Balaban J connectivity index is 1.89. The van der Waals surface area contributed by atoms with Crippen LogP contribution >= 0.6 is 0 Å². The highest BCUT2D eigenvalue weighted by atomic mass is 16.4. The Morgan fingerprint density at radius 1 is 1.37 bits per heavy atom. The number of pyridine rings is 1. The zero-order valence-electron chi connectivity index (χ0n) is 11.5. The van der Waals surface area contributed by atoms with Crippen LogP contribution < -0.4 is 4.90 Å². The second kappa shape index (κ2) is 6.55. The van der Waals surface area contributed by atoms with Gasteiger partial charge in [-0.05, 0) is 24.5 Å². The first kappa shape index (κ1) is 13.8. The van der Waals surface area contributed by atoms with Gasteiger partial charge in [0.1, 0.15) is 5.82 Å². The first-order valence-electron chi connectivity index (χ1n) is 7.08. The third-order valence-electron chi connectivity index (χ3n) is 3.94. The molecule has 1 aliphatic carbocycles. The molecule has 4 heteroatoms. The number of rotatable bonds is 5. The summed E-state index contributed by atoms with van der Waals surface area (Å²) >= 11 is 0. The summed E-state index contributed by atoms with van der Waals surface area (Å²) in [7, 11) is 1.98. The number of aromatic carboxylic acids is 1. The van der Waals surface area contributed by atoms with Crippen molar-refractivity contribution in [3.05, 3.63) is 23.9 Å². The summed E-state index contributed by atoms with van der Waals surface area (Å²) in [6, 6.07) is 5.15. The van der Waals surface area contributed by atoms with E-state index in [1.165, 1.54) is 44.6 Å². The Hall–Kier alpha value is -1.58. The fourth-order valence-corrected chi connectivity index (χ4v) is 2.72. The average molecular weight is 262 g/mol. The van der Waals surface area contributed by atoms with Crippen molar-refractivity contribution >= 4 is 11.8 Å². The standard InChI is InChI=1S/C15H22N2O2/c1-17(11-10-12-6-3-2-4-7-12)14-9-5-8-13(16-14)15(18)19/h5,8-9,12H,2-4,6-7,10-11H2,1H3,(H,18,19). The SMILES string of the molecule is CN(CCC1CCCCC1)c1cccc(C(=O)O)n1. The van der Waals surface area contributed by atoms with Crippen LogP contribution in [0.5, 0.6) is 0 Å². The van der Waals surface area contributed by atoms with Crippen molar-refractivity contribution in [1.82, 2.24) is 4.98 Å². The molecule has 1 N–H and O–H groups in total. The van der Waals surface area contributed by atoms with Crippen molar-refractivity contribution in [1.29, 1.82) is 0 Å². The minimum absolute atomic E-state index is 0.113. The molecule has 1 saturated carbocycles. The molecule has 19 heavy (non-hydrogen) atoms. The minimum atomic E-state index is -0.970. The van der Waals surface area contributed by atoms with Gasteiger partial charge in [0.15, 0.2) is 5.69 Å². The van der Waals surface area contributed by atoms with Crippen molar-refractivity contribution in [2.45, 2.75) is 38.5 Å². The lowest BCUT2D eigenvalue weighted by Gasteiger charge is -2.25. The van der Waals surface area contributed by atoms with Crippen LogP contribution in [0.2, 0.25) is 0 Å². The quantitative estimate of drug-likeness (QED) is 0.885. The Bertz CT molecular complexity index is 428. The van der Waals surface area contributed by atoms with Gasteiger partial charge in [-0.15, -0.1) is 0 Å². The predicted molar refractivity (Wildman–Crippen MR) is 75.7 cm³/mol. The van der Waals surface area contributed by atoms with Crippen LogP contribution in [-0.4, -0.2) is 29.7 Å². The van der Waals surface area contributed by atoms with Crippen molar-refractivity contribution in [3.63, 3.8) is 0 Å². The normalized spacial score (nSPS) is 16.3. The van der Waals surface area contributed by atoms with Gasteiger partial charge in [0.2, 0.25) is 0 Å². The van der Waals surface area contributed by atoms with E-state index in [2.05, 4.69) is 9.88 Å². The van der Waals surface area contributed by atoms with E-state index in [-0.39, 0.29) is 5.69 Å². The largest absolute Gasteiger partial charge is 0.477 e. The van der Waals surface area contributed by atoms with Crippen LogP contribution in [0, 0.1) is 5.92 Å². The number of carboxylic acid groups (broad SMARTS) is 1. The first-order valence-corrected chi connectivity index (χ1v) is 7.08. The zero-order chi connectivity index (χ0) is 13.7. The molecule has 1 aromatic heterocycles. The molecule has 0 saturated heterocycles. The number of anilines is 1. The van der Waals surface area contributed by atoms with Gasteiger partial charge in [0, 0.05) is 13.6 Å². The molecule has 1 aliphatic rings. The first-order chi connectivity index (χ1) is 9.16. The van der Waals surface area contributed by atoms with E-state index in [9.17, 15) is 4.79 Å². The summed E-state index contributed by atoms with van der Waals surface area (Å²) < 4.78 is 0. The van der Waals surface area contributed by atoms with E-state index in [4.69, 9.17) is 5.11 Å². The van der Waals surface area contributed by atoms with Crippen molar-refractivity contribution in [2.24, 2.45) is 5.92 Å². The highest BCUT2D eigenvalue weighted by molar-refractivity contribution is 5.85. The summed E-state index contributed by atoms with van der Waals surface area (Å²) in [4.78, 5) is 17.1. The molecule has 0 amide bonds. The fraction of sp³-hybridized carbons (Fsp3) is 0.600. The van der Waals surface area contributed by atoms with Gasteiger partial charge in [0.05, 0.1) is 0 Å². The van der Waals surface area contributed by atoms with E-state index < -0.39 is 5.97 Å². The monoisotopic (exact) mass is 262 g/mol. The molecule has 1 heterocycles. The Morgan fingerprint density at radius 2 is 2.11 bits per heavy atom. The summed E-state index contributed by atoms with van der Waals surface area (Å²) in [5, 5.41) is 8.94. The predicted octanol–water partition coefficient (Wildman–Crippen LogP) is 3.19. The van der Waals surface area contributed by atoms with Gasteiger partial charge < -0.3 is 10.0 Å². The number of aromatic nitrogens is 1. The Labute approximate surface area is 114 Å². The van der Waals surface area contributed by atoms with Crippen LogP contribution in [0.3, 0.4) is 0 Å². The topological polar surface area (TPSA) is 53.4 Å². The zero-order valence-corrected chi connectivity index (χ0v) is 11.5. The molecule has 0 atom stereocenters. The van der Waals surface area contributed by atoms with Gasteiger partial charge in [0.25, 0.3) is 0 Å². The third kappa shape index (κ3) is 3.94. The van der Waals surface area contributed by atoms with Gasteiger partial charge >= 0.3 is 5.97 Å². The molecule has 0 aliphatic heterocycles. The summed E-state index contributed by atoms with van der Waals surface area (Å²) in [5.41, 5.74) is 0.113. The molecule has 0 radical (unpaired) electrons. The summed E-state index contributed by atoms with van der Waals surface area (Å²) in [6.45, 7) is 0.945. The maximum atomic E-state index is 10.9. The van der Waals surface area contributed by atoms with Crippen LogP contribution in [0.15, 0.2) is 18.2 Å². The second-order valence-corrected chi connectivity index (χ2v) is 5.40. The Morgan fingerprint density at radius 3 is 2.79 bits per heavy atom. The lowest BCUT2D eigenvalue weighted by Crippen LogP contribution is -2.23. The maximum Gasteiger partial charge on any atom is 0.354 e. The van der Waals surface area contributed by atoms with E-state index >= 15 is 0 Å². The third-order valence-corrected chi connectivity index (χ3v) is 3.94. The van der Waals surface area contributed by atoms with E-state index in [1.807, 2.05) is 13.1 Å². The van der Waals surface area contributed by atoms with Gasteiger partial charge in [-0.3, -0.25) is 0 Å². The smallest absolute Gasteiger partial charge is 0.354 e. The molecule has 0 spiro atoms. The van der Waals surface area contributed by atoms with Crippen molar-refractivity contribution in [2.75, 3.05) is 18.5 Å².